The van der Waals surface area contributed by atoms with Gasteiger partial charge in [-0.1, -0.05) is 38.2 Å². The maximum atomic E-state index is 12.5. The third-order valence-electron chi connectivity index (χ3n) is 7.52. The first-order valence-electron chi connectivity index (χ1n) is 10.8. The van der Waals surface area contributed by atoms with Crippen LogP contribution < -0.4 is 91.2 Å². The van der Waals surface area contributed by atoms with E-state index in [2.05, 4.69) is 13.5 Å². The Hall–Kier alpha value is 0.226. The van der Waals surface area contributed by atoms with Gasteiger partial charge in [-0.2, -0.15) is 0 Å². The summed E-state index contributed by atoms with van der Waals surface area (Å²) in [5.41, 5.74) is 0.560. The Bertz CT molecular complexity index is 839. The molecule has 2 saturated carbocycles. The number of carboxylic acid groups (broad SMARTS) is 1. The average molecular weight is 493 g/mol. The molecule has 2 aliphatic carbocycles. The SMILES string of the molecule is C=C1CCC2[C@](C)(C[O-])[C@H](OC(=O)CCC(=O)[O-])CC[C@@]2(C)[C@@H]1/C=C/C1=CCOC1=O.[K+].[Na+]. The fourth-order valence-electron chi connectivity index (χ4n) is 5.78. The quantitative estimate of drug-likeness (QED) is 0.199. The summed E-state index contributed by atoms with van der Waals surface area (Å²) in [5.74, 6) is -2.27. The first kappa shape index (κ1) is 31.3. The van der Waals surface area contributed by atoms with Crippen molar-refractivity contribution in [1.82, 2.24) is 0 Å². The van der Waals surface area contributed by atoms with E-state index in [1.807, 2.05) is 13.0 Å². The topological polar surface area (TPSA) is 116 Å². The van der Waals surface area contributed by atoms with E-state index < -0.39 is 36.5 Å². The zero-order chi connectivity index (χ0) is 22.8. The predicted octanol–water partition coefficient (Wildman–Crippen LogP) is -4.78. The van der Waals surface area contributed by atoms with E-state index in [0.29, 0.717) is 12.0 Å². The Morgan fingerprint density at radius 3 is 2.58 bits per heavy atom. The van der Waals surface area contributed by atoms with Gasteiger partial charge in [-0.05, 0) is 54.9 Å². The van der Waals surface area contributed by atoms with E-state index in [-0.39, 0.29) is 117 Å². The first-order valence-corrected chi connectivity index (χ1v) is 10.8. The van der Waals surface area contributed by atoms with Crippen LogP contribution in [-0.2, 0) is 23.9 Å². The summed E-state index contributed by atoms with van der Waals surface area (Å²) < 4.78 is 10.6. The number of cyclic esters (lactones) is 1. The third-order valence-corrected chi connectivity index (χ3v) is 7.52. The number of allylic oxidation sites excluding steroid dienone is 2. The third kappa shape index (κ3) is 6.71. The van der Waals surface area contributed by atoms with Crippen molar-refractivity contribution in [2.75, 3.05) is 13.2 Å². The molecule has 1 unspecified atom stereocenters. The zero-order valence-electron chi connectivity index (χ0n) is 20.2. The average Bonchev–Trinajstić information content (AvgIpc) is 3.13. The number of hydrogen-bond acceptors (Lipinski definition) is 7. The number of carboxylic acids is 1. The standard InChI is InChI=1S/C24H31O7.K.Na/c1-15-4-7-18-23(2,17(15)6-5-16-11-13-30-22(16)29)12-10-19(24(18,3)14-25)31-21(28)9-8-20(26)27;;/h5-6,11,17-19H,1,4,7-10,12-14H2,2-3H3,(H,26,27);;/q-1;2*+1/p-1/b6-5+;;/t17-,18?,19-,23+,24+;;/m1../s1. The molecule has 0 N–H and O–H groups in total. The monoisotopic (exact) mass is 492 g/mol. The van der Waals surface area contributed by atoms with E-state index in [0.717, 1.165) is 24.8 Å². The molecule has 0 amide bonds. The van der Waals surface area contributed by atoms with Crippen molar-refractivity contribution in [3.8, 4) is 0 Å². The van der Waals surface area contributed by atoms with Gasteiger partial charge in [0.05, 0.1) is 12.0 Å². The van der Waals surface area contributed by atoms with Gasteiger partial charge in [-0.3, -0.25) is 4.79 Å². The van der Waals surface area contributed by atoms with Crippen LogP contribution in [0.25, 0.3) is 0 Å². The van der Waals surface area contributed by atoms with Gasteiger partial charge in [0, 0.05) is 11.9 Å². The minimum Gasteiger partial charge on any atom is -0.854 e. The number of carbonyl (C=O) groups is 3. The van der Waals surface area contributed by atoms with E-state index in [1.54, 1.807) is 12.2 Å². The molecule has 0 aromatic rings. The molecule has 9 heteroatoms. The number of carbonyl (C=O) groups excluding carboxylic acids is 3. The molecule has 0 aromatic carbocycles. The summed E-state index contributed by atoms with van der Waals surface area (Å²) in [4.78, 5) is 34.6. The number of hydrogen-bond donors (Lipinski definition) is 0. The summed E-state index contributed by atoms with van der Waals surface area (Å²) in [6.07, 6.45) is 7.10. The summed E-state index contributed by atoms with van der Waals surface area (Å²) in [7, 11) is 0. The van der Waals surface area contributed by atoms with Gasteiger partial charge in [0.15, 0.2) is 0 Å². The molecule has 0 bridgehead atoms. The van der Waals surface area contributed by atoms with Gasteiger partial charge in [-0.25, -0.2) is 4.79 Å². The first-order chi connectivity index (χ1) is 14.6. The van der Waals surface area contributed by atoms with Crippen LogP contribution in [0, 0.1) is 22.7 Å². The van der Waals surface area contributed by atoms with Crippen molar-refractivity contribution in [1.29, 1.82) is 0 Å². The van der Waals surface area contributed by atoms with Crippen molar-refractivity contribution in [3.05, 3.63) is 36.0 Å². The van der Waals surface area contributed by atoms with Gasteiger partial charge in [0.2, 0.25) is 0 Å². The number of rotatable bonds is 7. The van der Waals surface area contributed by atoms with Crippen molar-refractivity contribution in [2.45, 2.75) is 58.5 Å². The van der Waals surface area contributed by atoms with E-state index >= 15 is 0 Å². The Balaban J connectivity index is 0.00000272. The van der Waals surface area contributed by atoms with Crippen molar-refractivity contribution in [3.63, 3.8) is 0 Å². The Morgan fingerprint density at radius 2 is 2.00 bits per heavy atom. The normalized spacial score (nSPS) is 33.3. The Labute approximate surface area is 260 Å². The molecule has 3 aliphatic rings. The molecule has 3 rings (SSSR count). The summed E-state index contributed by atoms with van der Waals surface area (Å²) in [5, 5.41) is 23.1. The number of fused-ring (bicyclic) bond motifs is 1. The van der Waals surface area contributed by atoms with Crippen LogP contribution in [0.15, 0.2) is 36.0 Å². The summed E-state index contributed by atoms with van der Waals surface area (Å²) in [6, 6.07) is 0. The molecule has 1 heterocycles. The molecule has 0 radical (unpaired) electrons. The molecule has 1 aliphatic heterocycles. The maximum absolute atomic E-state index is 12.5. The van der Waals surface area contributed by atoms with Crippen LogP contribution in [0.4, 0.5) is 0 Å². The van der Waals surface area contributed by atoms with E-state index in [1.165, 1.54) is 0 Å². The van der Waals surface area contributed by atoms with Gasteiger partial charge in [-0.15, -0.1) is 6.61 Å². The van der Waals surface area contributed by atoms with Gasteiger partial charge in [0.1, 0.15) is 12.7 Å². The summed E-state index contributed by atoms with van der Waals surface area (Å²) >= 11 is 0. The van der Waals surface area contributed by atoms with Gasteiger partial charge >= 0.3 is 92.9 Å². The molecular weight excluding hydrogens is 462 g/mol. The Morgan fingerprint density at radius 1 is 1.30 bits per heavy atom. The predicted molar refractivity (Wildman–Crippen MR) is 108 cm³/mol. The second-order valence-electron chi connectivity index (χ2n) is 9.39. The Kier molecular flexibility index (Phi) is 12.3. The van der Waals surface area contributed by atoms with Crippen LogP contribution in [0.2, 0.25) is 0 Å². The number of esters is 2. The molecule has 170 valence electrons. The van der Waals surface area contributed by atoms with Crippen LogP contribution in [0.1, 0.15) is 52.4 Å². The molecule has 5 atom stereocenters. The zero-order valence-corrected chi connectivity index (χ0v) is 25.3. The van der Waals surface area contributed by atoms with Crippen LogP contribution in [-0.4, -0.2) is 37.2 Å². The number of ether oxygens (including phenoxy) is 2. The second-order valence-corrected chi connectivity index (χ2v) is 9.39. The van der Waals surface area contributed by atoms with E-state index in [4.69, 9.17) is 9.47 Å². The van der Waals surface area contributed by atoms with Crippen LogP contribution in [0.3, 0.4) is 0 Å². The fraction of sp³-hybridized carbons (Fsp3) is 0.625. The molecule has 0 saturated heterocycles. The minimum atomic E-state index is -1.30. The summed E-state index contributed by atoms with van der Waals surface area (Å²) in [6.45, 7) is 8.18. The van der Waals surface area contributed by atoms with Crippen LogP contribution >= 0.6 is 0 Å². The van der Waals surface area contributed by atoms with Crippen molar-refractivity contribution in [2.24, 2.45) is 22.7 Å². The molecule has 2 fully saturated rings. The molecule has 0 spiro atoms. The van der Waals surface area contributed by atoms with Crippen molar-refractivity contribution < 1.29 is 115 Å². The molecule has 33 heavy (non-hydrogen) atoms. The maximum Gasteiger partial charge on any atom is 1.00 e. The smallest absolute Gasteiger partial charge is 0.854 e. The molecule has 0 aromatic heterocycles. The second kappa shape index (κ2) is 13.0. The van der Waals surface area contributed by atoms with Crippen molar-refractivity contribution >= 4 is 17.9 Å². The number of aliphatic carboxylic acids is 1. The van der Waals surface area contributed by atoms with E-state index in [9.17, 15) is 24.6 Å². The fourth-order valence-corrected chi connectivity index (χ4v) is 5.78. The largest absolute Gasteiger partial charge is 1.00 e. The van der Waals surface area contributed by atoms with Gasteiger partial charge < -0.3 is 24.5 Å². The molecular formula is C24H30KNaO7. The van der Waals surface area contributed by atoms with Crippen LogP contribution in [0.5, 0.6) is 0 Å². The molecule has 7 nitrogen and oxygen atoms in total. The minimum absolute atomic E-state index is 0. The van der Waals surface area contributed by atoms with Gasteiger partial charge in [0.25, 0.3) is 0 Å².